The molecule has 1 atom stereocenters. The molecule has 1 aromatic heterocycles. The Balaban J connectivity index is 2.49. The molecule has 0 aliphatic rings. The zero-order chi connectivity index (χ0) is 13.3. The van der Waals surface area contributed by atoms with E-state index in [-0.39, 0.29) is 5.56 Å². The van der Waals surface area contributed by atoms with Crippen LogP contribution in [0.2, 0.25) is 0 Å². The highest BCUT2D eigenvalue weighted by Gasteiger charge is 2.20. The van der Waals surface area contributed by atoms with Gasteiger partial charge in [0.2, 0.25) is 0 Å². The Bertz CT molecular complexity index is 544. The number of aromatic nitrogens is 3. The van der Waals surface area contributed by atoms with Gasteiger partial charge in [0.05, 0.1) is 17.9 Å². The zero-order valence-corrected chi connectivity index (χ0v) is 9.78. The van der Waals surface area contributed by atoms with E-state index in [0.717, 1.165) is 12.1 Å². The van der Waals surface area contributed by atoms with Crippen LogP contribution < -0.4 is 5.32 Å². The van der Waals surface area contributed by atoms with Gasteiger partial charge in [0, 0.05) is 7.05 Å². The van der Waals surface area contributed by atoms with Gasteiger partial charge in [-0.2, -0.15) is 0 Å². The van der Waals surface area contributed by atoms with Gasteiger partial charge in [-0.15, -0.1) is 5.10 Å². The lowest BCUT2D eigenvalue weighted by Crippen LogP contribution is -2.21. The Morgan fingerprint density at radius 1 is 1.22 bits per heavy atom. The maximum absolute atomic E-state index is 13.2. The highest BCUT2D eigenvalue weighted by atomic mass is 19.2. The molecule has 0 bridgehead atoms. The minimum Gasteiger partial charge on any atom is -0.308 e. The van der Waals surface area contributed by atoms with Gasteiger partial charge in [-0.1, -0.05) is 5.21 Å². The summed E-state index contributed by atoms with van der Waals surface area (Å²) in [7, 11) is 3.28. The molecule has 0 aliphatic carbocycles. The summed E-state index contributed by atoms with van der Waals surface area (Å²) in [5.41, 5.74) is 0.877. The molecule has 0 radical (unpaired) electrons. The van der Waals surface area contributed by atoms with Crippen molar-refractivity contribution in [1.82, 2.24) is 20.3 Å². The fourth-order valence-electron chi connectivity index (χ4n) is 1.79. The maximum Gasteiger partial charge on any atom is 0.194 e. The number of hydrogen-bond donors (Lipinski definition) is 1. The average Bonchev–Trinajstić information content (AvgIpc) is 2.74. The molecule has 4 nitrogen and oxygen atoms in total. The van der Waals surface area contributed by atoms with Gasteiger partial charge in [0.1, 0.15) is 0 Å². The summed E-state index contributed by atoms with van der Waals surface area (Å²) in [6, 6.07) is 1.38. The van der Waals surface area contributed by atoms with Crippen LogP contribution in [0.1, 0.15) is 17.3 Å². The largest absolute Gasteiger partial charge is 0.308 e. The van der Waals surface area contributed by atoms with Crippen molar-refractivity contribution in [2.75, 3.05) is 7.05 Å². The second kappa shape index (κ2) is 4.77. The lowest BCUT2D eigenvalue weighted by Gasteiger charge is -2.16. The molecule has 0 aliphatic heterocycles. The number of benzene rings is 1. The van der Waals surface area contributed by atoms with Crippen LogP contribution in [-0.4, -0.2) is 22.0 Å². The van der Waals surface area contributed by atoms with E-state index in [1.165, 1.54) is 10.9 Å². The van der Waals surface area contributed by atoms with Crippen LogP contribution >= 0.6 is 0 Å². The lowest BCUT2D eigenvalue weighted by atomic mass is 10.0. The van der Waals surface area contributed by atoms with Crippen molar-refractivity contribution in [2.24, 2.45) is 7.05 Å². The molecule has 0 saturated carbocycles. The first-order chi connectivity index (χ1) is 8.54. The van der Waals surface area contributed by atoms with Crippen LogP contribution in [0, 0.1) is 17.5 Å². The van der Waals surface area contributed by atoms with Gasteiger partial charge in [0.25, 0.3) is 0 Å². The maximum atomic E-state index is 13.2. The standard InChI is InChI=1S/C11H11F3N4/c1-15-11(9-5-16-17-18(9)2)6-3-7(12)10(14)8(13)4-6/h3-5,11,15H,1-2H3. The Kier molecular flexibility index (Phi) is 3.33. The van der Waals surface area contributed by atoms with E-state index < -0.39 is 23.5 Å². The van der Waals surface area contributed by atoms with E-state index in [1.54, 1.807) is 14.1 Å². The smallest absolute Gasteiger partial charge is 0.194 e. The quantitative estimate of drug-likeness (QED) is 0.847. The first kappa shape index (κ1) is 12.6. The Morgan fingerprint density at radius 3 is 2.28 bits per heavy atom. The third-order valence-corrected chi connectivity index (χ3v) is 2.67. The van der Waals surface area contributed by atoms with Crippen LogP contribution in [-0.2, 0) is 7.05 Å². The molecule has 18 heavy (non-hydrogen) atoms. The fourth-order valence-corrected chi connectivity index (χ4v) is 1.79. The van der Waals surface area contributed by atoms with Gasteiger partial charge in [0.15, 0.2) is 17.5 Å². The van der Waals surface area contributed by atoms with Crippen molar-refractivity contribution in [2.45, 2.75) is 6.04 Å². The predicted molar refractivity (Wildman–Crippen MR) is 58.2 cm³/mol. The van der Waals surface area contributed by atoms with Crippen molar-refractivity contribution in [3.63, 3.8) is 0 Å². The normalized spacial score (nSPS) is 12.7. The topological polar surface area (TPSA) is 42.7 Å². The number of nitrogens with one attached hydrogen (secondary N) is 1. The zero-order valence-electron chi connectivity index (χ0n) is 9.78. The molecule has 7 heteroatoms. The number of nitrogens with zero attached hydrogens (tertiary/aromatic N) is 3. The van der Waals surface area contributed by atoms with Crippen molar-refractivity contribution in [1.29, 1.82) is 0 Å². The number of aryl methyl sites for hydroxylation is 1. The Labute approximate surface area is 101 Å². The molecule has 0 amide bonds. The third-order valence-electron chi connectivity index (χ3n) is 2.67. The summed E-state index contributed by atoms with van der Waals surface area (Å²) < 4.78 is 40.8. The molecule has 1 N–H and O–H groups in total. The summed E-state index contributed by atoms with van der Waals surface area (Å²) in [5.74, 6) is -3.92. The van der Waals surface area contributed by atoms with Gasteiger partial charge < -0.3 is 5.32 Å². The summed E-state index contributed by atoms with van der Waals surface area (Å²) >= 11 is 0. The molecule has 0 fully saturated rings. The van der Waals surface area contributed by atoms with Crippen LogP contribution in [0.25, 0.3) is 0 Å². The Morgan fingerprint density at radius 2 is 1.83 bits per heavy atom. The molecule has 2 aromatic rings. The molecule has 2 rings (SSSR count). The molecule has 96 valence electrons. The highest BCUT2D eigenvalue weighted by molar-refractivity contribution is 5.28. The van der Waals surface area contributed by atoms with E-state index in [4.69, 9.17) is 0 Å². The number of rotatable bonds is 3. The molecular formula is C11H11F3N4. The van der Waals surface area contributed by atoms with Gasteiger partial charge >= 0.3 is 0 Å². The van der Waals surface area contributed by atoms with E-state index in [0.29, 0.717) is 5.69 Å². The van der Waals surface area contributed by atoms with Crippen LogP contribution in [0.3, 0.4) is 0 Å². The summed E-state index contributed by atoms with van der Waals surface area (Å²) in [4.78, 5) is 0. The molecule has 1 aromatic carbocycles. The first-order valence-corrected chi connectivity index (χ1v) is 5.21. The van der Waals surface area contributed by atoms with E-state index in [1.807, 2.05) is 0 Å². The van der Waals surface area contributed by atoms with E-state index >= 15 is 0 Å². The lowest BCUT2D eigenvalue weighted by molar-refractivity contribution is 0.442. The minimum atomic E-state index is -1.48. The van der Waals surface area contributed by atoms with E-state index in [2.05, 4.69) is 15.6 Å². The van der Waals surface area contributed by atoms with Crippen molar-refractivity contribution in [3.8, 4) is 0 Å². The first-order valence-electron chi connectivity index (χ1n) is 5.21. The Hall–Kier alpha value is -1.89. The predicted octanol–water partition coefficient (Wildman–Crippen LogP) is 1.54. The summed E-state index contributed by atoms with van der Waals surface area (Å²) in [6.45, 7) is 0. The number of halogens is 3. The summed E-state index contributed by atoms with van der Waals surface area (Å²) in [6.07, 6.45) is 1.47. The fraction of sp³-hybridized carbons (Fsp3) is 0.273. The van der Waals surface area contributed by atoms with Crippen molar-refractivity contribution in [3.05, 3.63) is 47.0 Å². The van der Waals surface area contributed by atoms with Crippen LogP contribution in [0.4, 0.5) is 13.2 Å². The van der Waals surface area contributed by atoms with Crippen LogP contribution in [0.5, 0.6) is 0 Å². The van der Waals surface area contributed by atoms with Crippen LogP contribution in [0.15, 0.2) is 18.3 Å². The highest BCUT2D eigenvalue weighted by Crippen LogP contribution is 2.23. The average molecular weight is 256 g/mol. The summed E-state index contributed by atoms with van der Waals surface area (Å²) in [5, 5.41) is 10.3. The monoisotopic (exact) mass is 256 g/mol. The SMILES string of the molecule is CNC(c1cc(F)c(F)c(F)c1)c1cnnn1C. The molecular weight excluding hydrogens is 245 g/mol. The minimum absolute atomic E-state index is 0.263. The third kappa shape index (κ3) is 2.08. The molecule has 1 heterocycles. The second-order valence-corrected chi connectivity index (χ2v) is 3.80. The van der Waals surface area contributed by atoms with Gasteiger partial charge in [-0.05, 0) is 24.7 Å². The van der Waals surface area contributed by atoms with Gasteiger partial charge in [-0.3, -0.25) is 4.68 Å². The molecule has 0 saturated heterocycles. The van der Waals surface area contributed by atoms with Crippen molar-refractivity contribution < 1.29 is 13.2 Å². The molecule has 1 unspecified atom stereocenters. The van der Waals surface area contributed by atoms with Gasteiger partial charge in [-0.25, -0.2) is 13.2 Å². The second-order valence-electron chi connectivity index (χ2n) is 3.80. The molecule has 0 spiro atoms. The number of hydrogen-bond acceptors (Lipinski definition) is 3. The van der Waals surface area contributed by atoms with E-state index in [9.17, 15) is 13.2 Å². The van der Waals surface area contributed by atoms with Crippen molar-refractivity contribution >= 4 is 0 Å².